The van der Waals surface area contributed by atoms with Crippen LogP contribution in [-0.2, 0) is 16.1 Å². The van der Waals surface area contributed by atoms with Gasteiger partial charge in [-0.2, -0.15) is 0 Å². The number of hydrogen-bond donors (Lipinski definition) is 1. The van der Waals surface area contributed by atoms with Gasteiger partial charge < -0.3 is 10.2 Å². The van der Waals surface area contributed by atoms with Crippen LogP contribution in [0.1, 0.15) is 38.3 Å². The number of thioether (sulfide) groups is 1. The third-order valence-electron chi connectivity index (χ3n) is 4.65. The molecule has 2 aromatic rings. The summed E-state index contributed by atoms with van der Waals surface area (Å²) < 4.78 is 0. The minimum Gasteiger partial charge on any atom is -0.354 e. The number of benzene rings is 2. The average Bonchev–Trinajstić information content (AvgIpc) is 2.71. The van der Waals surface area contributed by atoms with Crippen molar-refractivity contribution >= 4 is 23.6 Å². The molecule has 0 heterocycles. The highest BCUT2D eigenvalue weighted by atomic mass is 32.2. The van der Waals surface area contributed by atoms with Crippen molar-refractivity contribution in [2.75, 3.05) is 12.3 Å². The van der Waals surface area contributed by atoms with Crippen molar-refractivity contribution in [2.45, 2.75) is 51.6 Å². The molecule has 2 aromatic carbocycles. The fourth-order valence-electron chi connectivity index (χ4n) is 2.85. The number of amides is 2. The molecule has 0 aromatic heterocycles. The lowest BCUT2D eigenvalue weighted by atomic mass is 10.1. The first-order valence-corrected chi connectivity index (χ1v) is 11.2. The van der Waals surface area contributed by atoms with E-state index in [2.05, 4.69) is 50.4 Å². The van der Waals surface area contributed by atoms with E-state index in [1.807, 2.05) is 37.3 Å². The summed E-state index contributed by atoms with van der Waals surface area (Å²) >= 11 is 1.67. The number of rotatable bonds is 10. The normalized spacial score (nSPS) is 11.9. The summed E-state index contributed by atoms with van der Waals surface area (Å²) in [5.74, 6) is 0.957. The molecule has 1 atom stereocenters. The molecule has 0 unspecified atom stereocenters. The molecule has 2 amide bonds. The number of hydrogen-bond acceptors (Lipinski definition) is 3. The third-order valence-corrected chi connectivity index (χ3v) is 5.67. The van der Waals surface area contributed by atoms with E-state index in [0.29, 0.717) is 31.2 Å². The van der Waals surface area contributed by atoms with Crippen molar-refractivity contribution < 1.29 is 9.59 Å². The molecule has 0 aliphatic carbocycles. The van der Waals surface area contributed by atoms with Gasteiger partial charge in [-0.15, -0.1) is 11.8 Å². The topological polar surface area (TPSA) is 49.4 Å². The largest absolute Gasteiger partial charge is 0.354 e. The highest BCUT2D eigenvalue weighted by molar-refractivity contribution is 7.99. The lowest BCUT2D eigenvalue weighted by Gasteiger charge is -2.29. The molecule has 2 rings (SSSR count). The Hall–Kier alpha value is -2.27. The second kappa shape index (κ2) is 11.7. The van der Waals surface area contributed by atoms with Crippen molar-refractivity contribution in [1.29, 1.82) is 0 Å². The zero-order valence-corrected chi connectivity index (χ0v) is 18.7. The molecule has 0 bridgehead atoms. The van der Waals surface area contributed by atoms with E-state index in [9.17, 15) is 9.59 Å². The summed E-state index contributed by atoms with van der Waals surface area (Å²) in [6.45, 7) is 9.03. The van der Waals surface area contributed by atoms with E-state index in [1.54, 1.807) is 16.7 Å². The standard InChI is InChI=1S/C24H32N2O2S/c1-18(2)16-25-24(28)20(4)26(17-21-8-6-5-7-9-21)23(27)14-15-29-22-12-10-19(3)11-13-22/h5-13,18,20H,14-17H2,1-4H3,(H,25,28)/t20-/m1/s1. The SMILES string of the molecule is Cc1ccc(SCCC(=O)N(Cc2ccccc2)[C@H](C)C(=O)NCC(C)C)cc1. The lowest BCUT2D eigenvalue weighted by molar-refractivity contribution is -0.140. The highest BCUT2D eigenvalue weighted by Crippen LogP contribution is 2.20. The lowest BCUT2D eigenvalue weighted by Crippen LogP contribution is -2.48. The monoisotopic (exact) mass is 412 g/mol. The summed E-state index contributed by atoms with van der Waals surface area (Å²) in [4.78, 5) is 28.5. The van der Waals surface area contributed by atoms with Crippen molar-refractivity contribution in [2.24, 2.45) is 5.92 Å². The van der Waals surface area contributed by atoms with Crippen LogP contribution in [0.5, 0.6) is 0 Å². The molecule has 0 saturated heterocycles. The van der Waals surface area contributed by atoms with Crippen molar-refractivity contribution in [3.05, 3.63) is 65.7 Å². The molecule has 29 heavy (non-hydrogen) atoms. The van der Waals surface area contributed by atoms with E-state index < -0.39 is 6.04 Å². The smallest absolute Gasteiger partial charge is 0.242 e. The van der Waals surface area contributed by atoms with Gasteiger partial charge in [0.2, 0.25) is 11.8 Å². The van der Waals surface area contributed by atoms with E-state index >= 15 is 0 Å². The van der Waals surface area contributed by atoms with Crippen LogP contribution >= 0.6 is 11.8 Å². The van der Waals surface area contributed by atoms with Crippen LogP contribution in [-0.4, -0.2) is 35.1 Å². The van der Waals surface area contributed by atoms with Crippen LogP contribution in [0.4, 0.5) is 0 Å². The molecule has 1 N–H and O–H groups in total. The Labute approximate surface area is 179 Å². The molecule has 156 valence electrons. The summed E-state index contributed by atoms with van der Waals surface area (Å²) in [5, 5.41) is 2.95. The highest BCUT2D eigenvalue weighted by Gasteiger charge is 2.25. The van der Waals surface area contributed by atoms with E-state index in [0.717, 1.165) is 10.5 Å². The molecule has 5 heteroatoms. The molecule has 4 nitrogen and oxygen atoms in total. The first-order valence-electron chi connectivity index (χ1n) is 10.2. The van der Waals surface area contributed by atoms with E-state index in [4.69, 9.17) is 0 Å². The predicted molar refractivity (Wildman–Crippen MR) is 121 cm³/mol. The zero-order valence-electron chi connectivity index (χ0n) is 17.9. The fourth-order valence-corrected chi connectivity index (χ4v) is 3.69. The minimum atomic E-state index is -0.508. The summed E-state index contributed by atoms with van der Waals surface area (Å²) in [5.41, 5.74) is 2.25. The Morgan fingerprint density at radius 3 is 2.28 bits per heavy atom. The van der Waals surface area contributed by atoms with Crippen LogP contribution in [0, 0.1) is 12.8 Å². The molecule has 0 fully saturated rings. The maximum absolute atomic E-state index is 13.0. The average molecular weight is 413 g/mol. The first kappa shape index (κ1) is 23.0. The number of carbonyl (C=O) groups is 2. The van der Waals surface area contributed by atoms with Gasteiger partial charge in [-0.05, 0) is 37.5 Å². The second-order valence-corrected chi connectivity index (χ2v) is 8.90. The molecule has 0 aliphatic rings. The van der Waals surface area contributed by atoms with Gasteiger partial charge in [-0.1, -0.05) is 61.9 Å². The zero-order chi connectivity index (χ0) is 21.2. The summed E-state index contributed by atoms with van der Waals surface area (Å²) in [6, 6.07) is 17.6. The van der Waals surface area contributed by atoms with Crippen LogP contribution in [0.15, 0.2) is 59.5 Å². The van der Waals surface area contributed by atoms with Crippen LogP contribution < -0.4 is 5.32 Å². The molecule has 0 aliphatic heterocycles. The summed E-state index contributed by atoms with van der Waals surface area (Å²) in [7, 11) is 0. The third kappa shape index (κ3) is 7.94. The van der Waals surface area contributed by atoms with E-state index in [-0.39, 0.29) is 11.8 Å². The molecule has 0 saturated carbocycles. The Morgan fingerprint density at radius 1 is 1.00 bits per heavy atom. The maximum atomic E-state index is 13.0. The van der Waals surface area contributed by atoms with Crippen LogP contribution in [0.25, 0.3) is 0 Å². The van der Waals surface area contributed by atoms with Gasteiger partial charge in [0.15, 0.2) is 0 Å². The fraction of sp³-hybridized carbons (Fsp3) is 0.417. The minimum absolute atomic E-state index is 0.000613. The summed E-state index contributed by atoms with van der Waals surface area (Å²) in [6.07, 6.45) is 0.396. The number of aryl methyl sites for hydroxylation is 1. The van der Waals surface area contributed by atoms with Crippen molar-refractivity contribution in [3.8, 4) is 0 Å². The Kier molecular flexibility index (Phi) is 9.26. The molecular weight excluding hydrogens is 380 g/mol. The Bertz CT molecular complexity index is 775. The van der Waals surface area contributed by atoms with Gasteiger partial charge in [0.25, 0.3) is 0 Å². The van der Waals surface area contributed by atoms with Crippen LogP contribution in [0.3, 0.4) is 0 Å². The number of nitrogens with one attached hydrogen (secondary N) is 1. The quantitative estimate of drug-likeness (QED) is 0.577. The van der Waals surface area contributed by atoms with Crippen molar-refractivity contribution in [1.82, 2.24) is 10.2 Å². The number of carbonyl (C=O) groups excluding carboxylic acids is 2. The predicted octanol–water partition coefficient (Wildman–Crippen LogP) is 4.67. The van der Waals surface area contributed by atoms with Gasteiger partial charge in [0, 0.05) is 30.2 Å². The Morgan fingerprint density at radius 2 is 1.66 bits per heavy atom. The molecule has 0 radical (unpaired) electrons. The van der Waals surface area contributed by atoms with Crippen LogP contribution in [0.2, 0.25) is 0 Å². The van der Waals surface area contributed by atoms with Gasteiger partial charge in [-0.25, -0.2) is 0 Å². The number of nitrogens with zero attached hydrogens (tertiary/aromatic N) is 1. The Balaban J connectivity index is 2.01. The van der Waals surface area contributed by atoms with Gasteiger partial charge >= 0.3 is 0 Å². The first-order chi connectivity index (χ1) is 13.9. The van der Waals surface area contributed by atoms with Gasteiger partial charge in [0.05, 0.1) is 0 Å². The van der Waals surface area contributed by atoms with Gasteiger partial charge in [-0.3, -0.25) is 9.59 Å². The van der Waals surface area contributed by atoms with Crippen molar-refractivity contribution in [3.63, 3.8) is 0 Å². The maximum Gasteiger partial charge on any atom is 0.242 e. The van der Waals surface area contributed by atoms with E-state index in [1.165, 1.54) is 5.56 Å². The second-order valence-electron chi connectivity index (χ2n) is 7.73. The van der Waals surface area contributed by atoms with Gasteiger partial charge in [0.1, 0.15) is 6.04 Å². The molecular formula is C24H32N2O2S. The molecule has 0 spiro atoms.